The first kappa shape index (κ1) is 17.0. The maximum atomic E-state index is 12.1. The molecule has 132 valence electrons. The van der Waals surface area contributed by atoms with Crippen LogP contribution < -0.4 is 10.2 Å². The van der Waals surface area contributed by atoms with Gasteiger partial charge in [0.15, 0.2) is 9.84 Å². The number of carbonyl (C=O) groups excluding carboxylic acids is 1. The van der Waals surface area contributed by atoms with E-state index in [0.29, 0.717) is 6.42 Å². The van der Waals surface area contributed by atoms with E-state index in [-0.39, 0.29) is 35.7 Å². The van der Waals surface area contributed by atoms with E-state index in [1.54, 1.807) is 12.1 Å². The van der Waals surface area contributed by atoms with Gasteiger partial charge in [0.25, 0.3) is 0 Å². The number of anilines is 1. The molecule has 2 heterocycles. The fourth-order valence-corrected chi connectivity index (χ4v) is 4.94. The summed E-state index contributed by atoms with van der Waals surface area (Å²) in [6.07, 6.45) is 0.509. The lowest BCUT2D eigenvalue weighted by molar-refractivity contribution is -0.122. The molecule has 2 fully saturated rings. The van der Waals surface area contributed by atoms with E-state index in [0.717, 1.165) is 31.9 Å². The van der Waals surface area contributed by atoms with Crippen molar-refractivity contribution in [3.8, 4) is 5.75 Å². The Kier molecular flexibility index (Phi) is 4.96. The molecule has 2 saturated heterocycles. The highest BCUT2D eigenvalue weighted by Crippen LogP contribution is 2.27. The Balaban J connectivity index is 1.45. The fourth-order valence-electron chi connectivity index (χ4n) is 3.26. The Morgan fingerprint density at radius 3 is 2.54 bits per heavy atom. The number of piperazine rings is 1. The van der Waals surface area contributed by atoms with Crippen molar-refractivity contribution >= 4 is 21.4 Å². The van der Waals surface area contributed by atoms with Crippen LogP contribution in [-0.4, -0.2) is 74.6 Å². The van der Waals surface area contributed by atoms with Crippen LogP contribution in [0.3, 0.4) is 0 Å². The van der Waals surface area contributed by atoms with Gasteiger partial charge < -0.3 is 15.3 Å². The summed E-state index contributed by atoms with van der Waals surface area (Å²) in [5.41, 5.74) is 0.817. The summed E-state index contributed by atoms with van der Waals surface area (Å²) in [6, 6.07) is 7.00. The number of aromatic hydroxyl groups is 1. The minimum absolute atomic E-state index is 0.0554. The number of amides is 1. The summed E-state index contributed by atoms with van der Waals surface area (Å²) in [5.74, 6) is 0.371. The van der Waals surface area contributed by atoms with Crippen molar-refractivity contribution in [3.05, 3.63) is 24.3 Å². The predicted octanol–water partition coefficient (Wildman–Crippen LogP) is -0.182. The average molecular weight is 353 g/mol. The summed E-state index contributed by atoms with van der Waals surface area (Å²) in [6.45, 7) is 3.21. The van der Waals surface area contributed by atoms with Crippen molar-refractivity contribution in [2.75, 3.05) is 49.1 Å². The first-order valence-electron chi connectivity index (χ1n) is 8.18. The number of phenolic OH excluding ortho intramolecular Hbond substituents is 1. The molecule has 3 rings (SSSR count). The van der Waals surface area contributed by atoms with Gasteiger partial charge in [-0.05, 0) is 18.6 Å². The number of hydrogen-bond acceptors (Lipinski definition) is 6. The highest BCUT2D eigenvalue weighted by molar-refractivity contribution is 7.91. The molecular weight excluding hydrogens is 330 g/mol. The third kappa shape index (κ3) is 4.18. The molecule has 2 aliphatic rings. The molecule has 0 saturated carbocycles. The monoisotopic (exact) mass is 353 g/mol. The summed E-state index contributed by atoms with van der Waals surface area (Å²) in [5, 5.41) is 12.7. The van der Waals surface area contributed by atoms with Gasteiger partial charge in [-0.1, -0.05) is 12.1 Å². The molecule has 7 nitrogen and oxygen atoms in total. The zero-order chi connectivity index (χ0) is 17.2. The molecule has 8 heteroatoms. The quantitative estimate of drug-likeness (QED) is 0.780. The molecule has 2 N–H and O–H groups in total. The molecular formula is C16H23N3O4S. The van der Waals surface area contributed by atoms with Crippen molar-refractivity contribution < 1.29 is 18.3 Å². The van der Waals surface area contributed by atoms with E-state index < -0.39 is 9.84 Å². The molecule has 0 radical (unpaired) electrons. The lowest BCUT2D eigenvalue weighted by atomic mass is 10.2. The third-order valence-electron chi connectivity index (χ3n) is 4.56. The van der Waals surface area contributed by atoms with Gasteiger partial charge in [-0.2, -0.15) is 0 Å². The van der Waals surface area contributed by atoms with E-state index >= 15 is 0 Å². The van der Waals surface area contributed by atoms with Gasteiger partial charge in [-0.3, -0.25) is 9.69 Å². The molecule has 0 unspecified atom stereocenters. The molecule has 1 atom stereocenters. The first-order chi connectivity index (χ1) is 11.4. The van der Waals surface area contributed by atoms with Crippen LogP contribution in [0, 0.1) is 0 Å². The number of sulfone groups is 1. The Morgan fingerprint density at radius 2 is 1.92 bits per heavy atom. The highest BCUT2D eigenvalue weighted by atomic mass is 32.2. The number of rotatable bonds is 4. The topological polar surface area (TPSA) is 89.9 Å². The smallest absolute Gasteiger partial charge is 0.234 e. The van der Waals surface area contributed by atoms with E-state index in [4.69, 9.17) is 0 Å². The van der Waals surface area contributed by atoms with Crippen molar-refractivity contribution in [2.45, 2.75) is 12.5 Å². The normalized spacial score (nSPS) is 24.0. The number of phenols is 1. The molecule has 0 bridgehead atoms. The van der Waals surface area contributed by atoms with Crippen molar-refractivity contribution in [1.82, 2.24) is 10.2 Å². The second-order valence-corrected chi connectivity index (χ2v) is 8.65. The van der Waals surface area contributed by atoms with Gasteiger partial charge in [0.1, 0.15) is 5.75 Å². The van der Waals surface area contributed by atoms with Gasteiger partial charge >= 0.3 is 0 Å². The van der Waals surface area contributed by atoms with E-state index in [1.165, 1.54) is 0 Å². The lowest BCUT2D eigenvalue weighted by Crippen LogP contribution is -2.50. The molecule has 0 aromatic heterocycles. The zero-order valence-corrected chi connectivity index (χ0v) is 14.3. The van der Waals surface area contributed by atoms with Crippen molar-refractivity contribution in [1.29, 1.82) is 0 Å². The number of carbonyl (C=O) groups is 1. The number of benzene rings is 1. The average Bonchev–Trinajstić information content (AvgIpc) is 2.87. The maximum Gasteiger partial charge on any atom is 0.234 e. The van der Waals surface area contributed by atoms with E-state index in [2.05, 4.69) is 15.1 Å². The predicted molar refractivity (Wildman–Crippen MR) is 92.0 cm³/mol. The fraction of sp³-hybridized carbons (Fsp3) is 0.562. The van der Waals surface area contributed by atoms with Crippen LogP contribution in [0.2, 0.25) is 0 Å². The number of hydrogen-bond donors (Lipinski definition) is 2. The van der Waals surface area contributed by atoms with Crippen LogP contribution in [0.4, 0.5) is 5.69 Å². The highest BCUT2D eigenvalue weighted by Gasteiger charge is 2.29. The molecule has 1 aromatic carbocycles. The van der Waals surface area contributed by atoms with Gasteiger partial charge in [-0.15, -0.1) is 0 Å². The Hall–Kier alpha value is -1.80. The zero-order valence-electron chi connectivity index (χ0n) is 13.5. The third-order valence-corrected chi connectivity index (χ3v) is 6.33. The molecule has 1 amide bonds. The minimum Gasteiger partial charge on any atom is -0.506 e. The summed E-state index contributed by atoms with van der Waals surface area (Å²) >= 11 is 0. The largest absolute Gasteiger partial charge is 0.506 e. The molecule has 0 spiro atoms. The van der Waals surface area contributed by atoms with Crippen LogP contribution in [0.1, 0.15) is 6.42 Å². The van der Waals surface area contributed by atoms with E-state index in [9.17, 15) is 18.3 Å². The summed E-state index contributed by atoms with van der Waals surface area (Å²) in [4.78, 5) is 16.2. The van der Waals surface area contributed by atoms with Gasteiger partial charge in [-0.25, -0.2) is 8.42 Å². The van der Waals surface area contributed by atoms with Gasteiger partial charge in [0.2, 0.25) is 5.91 Å². The number of nitrogens with one attached hydrogen (secondary N) is 1. The molecule has 24 heavy (non-hydrogen) atoms. The van der Waals surface area contributed by atoms with E-state index in [1.807, 2.05) is 12.1 Å². The number of nitrogens with zero attached hydrogens (tertiary/aromatic N) is 2. The molecule has 0 aliphatic carbocycles. The SMILES string of the molecule is O=C(CN1CCN(c2ccccc2O)CC1)N[C@@H]1CCS(=O)(=O)C1. The molecule has 2 aliphatic heterocycles. The Morgan fingerprint density at radius 1 is 1.21 bits per heavy atom. The Bertz CT molecular complexity index is 699. The maximum absolute atomic E-state index is 12.1. The number of para-hydroxylation sites is 2. The van der Waals surface area contributed by atoms with Crippen LogP contribution in [-0.2, 0) is 14.6 Å². The standard InChI is InChI=1S/C16H23N3O4S/c20-15-4-2-1-3-14(15)19-8-6-18(7-9-19)11-16(21)17-13-5-10-24(22,23)12-13/h1-4,13,20H,5-12H2,(H,17,21)/t13-/m1/s1. The van der Waals surface area contributed by atoms with Crippen molar-refractivity contribution in [2.24, 2.45) is 0 Å². The Labute approximate surface area is 142 Å². The van der Waals surface area contributed by atoms with Crippen LogP contribution in [0.25, 0.3) is 0 Å². The second-order valence-electron chi connectivity index (χ2n) is 6.42. The van der Waals surface area contributed by atoms with Crippen LogP contribution >= 0.6 is 0 Å². The second kappa shape index (κ2) is 6.98. The lowest BCUT2D eigenvalue weighted by Gasteiger charge is -2.36. The van der Waals surface area contributed by atoms with Crippen LogP contribution in [0.15, 0.2) is 24.3 Å². The summed E-state index contributed by atoms with van der Waals surface area (Å²) < 4.78 is 22.8. The molecule has 1 aromatic rings. The summed E-state index contributed by atoms with van der Waals surface area (Å²) in [7, 11) is -2.97. The van der Waals surface area contributed by atoms with Crippen LogP contribution in [0.5, 0.6) is 5.75 Å². The first-order valence-corrected chi connectivity index (χ1v) is 10.0. The van der Waals surface area contributed by atoms with Gasteiger partial charge in [0.05, 0.1) is 23.7 Å². The van der Waals surface area contributed by atoms with Gasteiger partial charge in [0, 0.05) is 32.2 Å². The minimum atomic E-state index is -2.97. The van der Waals surface area contributed by atoms with Crippen molar-refractivity contribution in [3.63, 3.8) is 0 Å².